The van der Waals surface area contributed by atoms with E-state index in [1.807, 2.05) is 6.92 Å². The van der Waals surface area contributed by atoms with Crippen LogP contribution in [0.2, 0.25) is 0 Å². The highest BCUT2D eigenvalue weighted by molar-refractivity contribution is 7.91. The summed E-state index contributed by atoms with van der Waals surface area (Å²) in [6.45, 7) is 2.45. The Bertz CT molecular complexity index is 604. The quantitative estimate of drug-likeness (QED) is 0.908. The molecule has 0 saturated heterocycles. The van der Waals surface area contributed by atoms with Gasteiger partial charge in [-0.1, -0.05) is 19.4 Å². The van der Waals surface area contributed by atoms with Gasteiger partial charge in [0.25, 0.3) is 0 Å². The van der Waals surface area contributed by atoms with Gasteiger partial charge in [-0.05, 0) is 36.5 Å². The van der Waals surface area contributed by atoms with Crippen LogP contribution in [0.4, 0.5) is 8.78 Å². The van der Waals surface area contributed by atoms with Gasteiger partial charge in [-0.15, -0.1) is 0 Å². The number of benzene rings is 1. The molecule has 0 aromatic heterocycles. The summed E-state index contributed by atoms with van der Waals surface area (Å²) in [6.07, 6.45) is 3.70. The second-order valence-electron chi connectivity index (χ2n) is 5.89. The summed E-state index contributed by atoms with van der Waals surface area (Å²) in [5.74, 6) is -1.72. The molecule has 2 rings (SSSR count). The fraction of sp³-hybridized carbons (Fsp3) is 0.600. The standard InChI is InChI=1S/C15H21F2NO2S/c1-10(11-6-7-12(16)13(17)8-11)9-18-14-4-3-5-15(14)21(2,19)20/h6-8,10,14-15,18H,3-5,9H2,1-2H3/t10-,14+,15+/m1/s1. The number of rotatable bonds is 5. The first kappa shape index (κ1) is 16.4. The van der Waals surface area contributed by atoms with E-state index in [0.717, 1.165) is 18.9 Å². The second kappa shape index (κ2) is 6.40. The molecule has 0 unspecified atom stereocenters. The molecule has 3 nitrogen and oxygen atoms in total. The van der Waals surface area contributed by atoms with Gasteiger partial charge in [0.1, 0.15) is 0 Å². The minimum absolute atomic E-state index is 0.0130. The number of hydrogen-bond acceptors (Lipinski definition) is 3. The molecule has 0 amide bonds. The molecule has 0 aliphatic heterocycles. The molecule has 118 valence electrons. The predicted molar refractivity (Wildman–Crippen MR) is 79.0 cm³/mol. The topological polar surface area (TPSA) is 46.2 Å². The van der Waals surface area contributed by atoms with Gasteiger partial charge in [0.15, 0.2) is 21.5 Å². The molecule has 1 saturated carbocycles. The summed E-state index contributed by atoms with van der Waals surface area (Å²) < 4.78 is 49.6. The van der Waals surface area contributed by atoms with Crippen molar-refractivity contribution in [1.82, 2.24) is 5.32 Å². The van der Waals surface area contributed by atoms with Crippen molar-refractivity contribution in [2.24, 2.45) is 0 Å². The number of hydrogen-bond donors (Lipinski definition) is 1. The van der Waals surface area contributed by atoms with Gasteiger partial charge in [-0.3, -0.25) is 0 Å². The molecular weight excluding hydrogens is 296 g/mol. The Balaban J connectivity index is 1.97. The fourth-order valence-corrected chi connectivity index (χ4v) is 4.36. The summed E-state index contributed by atoms with van der Waals surface area (Å²) in [5, 5.41) is 2.94. The Morgan fingerprint density at radius 3 is 2.62 bits per heavy atom. The second-order valence-corrected chi connectivity index (χ2v) is 8.15. The van der Waals surface area contributed by atoms with Crippen molar-refractivity contribution in [3.63, 3.8) is 0 Å². The Hall–Kier alpha value is -1.01. The normalized spacial score (nSPS) is 24.2. The summed E-state index contributed by atoms with van der Waals surface area (Å²) in [4.78, 5) is 0. The van der Waals surface area contributed by atoms with E-state index >= 15 is 0 Å². The molecule has 1 N–H and O–H groups in total. The smallest absolute Gasteiger partial charge is 0.159 e. The van der Waals surface area contributed by atoms with Crippen LogP contribution < -0.4 is 5.32 Å². The summed E-state index contributed by atoms with van der Waals surface area (Å²) in [7, 11) is -3.05. The van der Waals surface area contributed by atoms with E-state index in [2.05, 4.69) is 5.32 Å². The lowest BCUT2D eigenvalue weighted by Gasteiger charge is -2.22. The third kappa shape index (κ3) is 4.01. The molecular formula is C15H21F2NO2S. The summed E-state index contributed by atoms with van der Waals surface area (Å²) in [6, 6.07) is 3.83. The van der Waals surface area contributed by atoms with Crippen molar-refractivity contribution in [3.8, 4) is 0 Å². The molecule has 0 heterocycles. The van der Waals surface area contributed by atoms with Crippen molar-refractivity contribution in [2.75, 3.05) is 12.8 Å². The molecule has 21 heavy (non-hydrogen) atoms. The van der Waals surface area contributed by atoms with E-state index in [0.29, 0.717) is 18.5 Å². The lowest BCUT2D eigenvalue weighted by Crippen LogP contribution is -2.41. The molecule has 1 fully saturated rings. The van der Waals surface area contributed by atoms with Crippen LogP contribution in [-0.2, 0) is 9.84 Å². The molecule has 0 bridgehead atoms. The van der Waals surface area contributed by atoms with Gasteiger partial charge in [0, 0.05) is 18.8 Å². The molecule has 0 spiro atoms. The highest BCUT2D eigenvalue weighted by atomic mass is 32.2. The molecule has 1 aliphatic rings. The van der Waals surface area contributed by atoms with Gasteiger partial charge < -0.3 is 5.32 Å². The minimum atomic E-state index is -3.05. The van der Waals surface area contributed by atoms with E-state index in [1.165, 1.54) is 12.3 Å². The van der Waals surface area contributed by atoms with E-state index in [-0.39, 0.29) is 17.2 Å². The molecule has 3 atom stereocenters. The molecule has 1 aliphatic carbocycles. The Labute approximate surface area is 124 Å². The SMILES string of the molecule is C[C@H](CN[C@H]1CCC[C@@H]1S(C)(=O)=O)c1ccc(F)c(F)c1. The third-order valence-electron chi connectivity index (χ3n) is 4.20. The largest absolute Gasteiger partial charge is 0.312 e. The fourth-order valence-electron chi connectivity index (χ4n) is 2.94. The van der Waals surface area contributed by atoms with Gasteiger partial charge in [0.2, 0.25) is 0 Å². The predicted octanol–water partition coefficient (Wildman–Crippen LogP) is 2.62. The van der Waals surface area contributed by atoms with Crippen LogP contribution in [0, 0.1) is 11.6 Å². The first-order chi connectivity index (χ1) is 9.79. The highest BCUT2D eigenvalue weighted by Crippen LogP contribution is 2.26. The van der Waals surface area contributed by atoms with Gasteiger partial charge in [-0.2, -0.15) is 0 Å². The first-order valence-electron chi connectivity index (χ1n) is 7.16. The van der Waals surface area contributed by atoms with E-state index in [4.69, 9.17) is 0 Å². The van der Waals surface area contributed by atoms with Gasteiger partial charge >= 0.3 is 0 Å². The van der Waals surface area contributed by atoms with Crippen molar-refractivity contribution < 1.29 is 17.2 Å². The maximum atomic E-state index is 13.2. The Morgan fingerprint density at radius 2 is 2.00 bits per heavy atom. The monoisotopic (exact) mass is 317 g/mol. The average Bonchev–Trinajstić information content (AvgIpc) is 2.87. The van der Waals surface area contributed by atoms with E-state index in [9.17, 15) is 17.2 Å². The average molecular weight is 317 g/mol. The van der Waals surface area contributed by atoms with Crippen LogP contribution in [0.25, 0.3) is 0 Å². The molecule has 0 radical (unpaired) electrons. The number of halogens is 2. The highest BCUT2D eigenvalue weighted by Gasteiger charge is 2.34. The Morgan fingerprint density at radius 1 is 1.29 bits per heavy atom. The lowest BCUT2D eigenvalue weighted by atomic mass is 10.0. The van der Waals surface area contributed by atoms with Crippen LogP contribution in [0.1, 0.15) is 37.7 Å². The minimum Gasteiger partial charge on any atom is -0.312 e. The molecule has 6 heteroatoms. The van der Waals surface area contributed by atoms with Crippen LogP contribution in [0.5, 0.6) is 0 Å². The zero-order chi connectivity index (χ0) is 15.6. The van der Waals surface area contributed by atoms with Crippen LogP contribution in [0.15, 0.2) is 18.2 Å². The zero-order valence-corrected chi connectivity index (χ0v) is 13.1. The summed E-state index contributed by atoms with van der Waals surface area (Å²) >= 11 is 0. The van der Waals surface area contributed by atoms with Crippen LogP contribution in [0.3, 0.4) is 0 Å². The maximum absolute atomic E-state index is 13.2. The third-order valence-corrected chi connectivity index (χ3v) is 5.87. The zero-order valence-electron chi connectivity index (χ0n) is 12.3. The van der Waals surface area contributed by atoms with Crippen molar-refractivity contribution in [3.05, 3.63) is 35.4 Å². The van der Waals surface area contributed by atoms with Crippen molar-refractivity contribution >= 4 is 9.84 Å². The first-order valence-corrected chi connectivity index (χ1v) is 9.11. The molecule has 1 aromatic carbocycles. The Kier molecular flexibility index (Phi) is 4.99. The van der Waals surface area contributed by atoms with E-state index in [1.54, 1.807) is 6.07 Å². The summed E-state index contributed by atoms with van der Waals surface area (Å²) in [5.41, 5.74) is 0.704. The number of nitrogens with one attached hydrogen (secondary N) is 1. The van der Waals surface area contributed by atoms with E-state index < -0.39 is 21.5 Å². The maximum Gasteiger partial charge on any atom is 0.159 e. The van der Waals surface area contributed by atoms with Gasteiger partial charge in [-0.25, -0.2) is 17.2 Å². The van der Waals surface area contributed by atoms with Crippen LogP contribution in [-0.4, -0.2) is 32.5 Å². The lowest BCUT2D eigenvalue weighted by molar-refractivity contribution is 0.483. The van der Waals surface area contributed by atoms with Crippen molar-refractivity contribution in [2.45, 2.75) is 43.4 Å². The van der Waals surface area contributed by atoms with Crippen LogP contribution >= 0.6 is 0 Å². The van der Waals surface area contributed by atoms with Crippen molar-refractivity contribution in [1.29, 1.82) is 0 Å². The molecule has 1 aromatic rings. The number of sulfone groups is 1. The van der Waals surface area contributed by atoms with Gasteiger partial charge in [0.05, 0.1) is 5.25 Å².